The summed E-state index contributed by atoms with van der Waals surface area (Å²) in [4.78, 5) is 46.9. The molecule has 26 heavy (non-hydrogen) atoms. The van der Waals surface area contributed by atoms with Crippen LogP contribution >= 0.6 is 0 Å². The van der Waals surface area contributed by atoms with E-state index in [-0.39, 0.29) is 5.91 Å². The molecular formula is C18H23N3O5. The number of hydrogen-bond acceptors (Lipinski definition) is 4. The predicted molar refractivity (Wildman–Crippen MR) is 94.1 cm³/mol. The highest BCUT2D eigenvalue weighted by Crippen LogP contribution is 2.30. The Morgan fingerprint density at radius 1 is 1.00 bits per heavy atom. The molecule has 0 unspecified atom stereocenters. The number of carbonyl (C=O) groups excluding carboxylic acids is 3. The van der Waals surface area contributed by atoms with Gasteiger partial charge in [-0.15, -0.1) is 0 Å². The van der Waals surface area contributed by atoms with Crippen LogP contribution in [0.5, 0.6) is 0 Å². The van der Waals surface area contributed by atoms with Gasteiger partial charge in [0.05, 0.1) is 11.8 Å². The van der Waals surface area contributed by atoms with E-state index in [2.05, 4.69) is 16.2 Å². The molecule has 1 fully saturated rings. The second-order valence-electron chi connectivity index (χ2n) is 6.26. The lowest BCUT2D eigenvalue weighted by atomic mass is 9.79. The molecule has 1 aromatic carbocycles. The van der Waals surface area contributed by atoms with Crippen molar-refractivity contribution in [3.05, 3.63) is 29.8 Å². The van der Waals surface area contributed by atoms with Gasteiger partial charge in [0.1, 0.15) is 0 Å². The molecule has 0 spiro atoms. The Balaban J connectivity index is 1.90. The van der Waals surface area contributed by atoms with Crippen LogP contribution in [-0.4, -0.2) is 28.8 Å². The number of hydrogen-bond donors (Lipinski definition) is 4. The average molecular weight is 361 g/mol. The van der Waals surface area contributed by atoms with Gasteiger partial charge in [-0.1, -0.05) is 19.8 Å². The molecule has 8 nitrogen and oxygen atoms in total. The minimum Gasteiger partial charge on any atom is -0.481 e. The Hall–Kier alpha value is -2.90. The quantitative estimate of drug-likeness (QED) is 0.594. The van der Waals surface area contributed by atoms with Crippen molar-refractivity contribution in [2.24, 2.45) is 11.8 Å². The highest BCUT2D eigenvalue weighted by Gasteiger charge is 2.35. The highest BCUT2D eigenvalue weighted by molar-refractivity contribution is 5.97. The van der Waals surface area contributed by atoms with E-state index in [9.17, 15) is 24.3 Å². The molecule has 1 aromatic rings. The summed E-state index contributed by atoms with van der Waals surface area (Å²) in [6, 6.07) is 6.22. The fourth-order valence-electron chi connectivity index (χ4n) is 2.98. The Morgan fingerprint density at radius 2 is 1.62 bits per heavy atom. The molecule has 3 amide bonds. The Kier molecular flexibility index (Phi) is 6.71. The van der Waals surface area contributed by atoms with Crippen molar-refractivity contribution in [3.63, 3.8) is 0 Å². The van der Waals surface area contributed by atoms with Gasteiger partial charge >= 0.3 is 5.97 Å². The van der Waals surface area contributed by atoms with Gasteiger partial charge in [-0.25, -0.2) is 0 Å². The maximum absolute atomic E-state index is 12.2. The fourth-order valence-corrected chi connectivity index (χ4v) is 2.98. The summed E-state index contributed by atoms with van der Waals surface area (Å²) in [7, 11) is 0. The van der Waals surface area contributed by atoms with Crippen molar-refractivity contribution >= 4 is 29.4 Å². The van der Waals surface area contributed by atoms with Gasteiger partial charge in [0.15, 0.2) is 0 Å². The zero-order valence-corrected chi connectivity index (χ0v) is 14.6. The second-order valence-corrected chi connectivity index (χ2v) is 6.26. The molecule has 2 atom stereocenters. The summed E-state index contributed by atoms with van der Waals surface area (Å²) in [5, 5.41) is 11.9. The molecule has 0 radical (unpaired) electrons. The highest BCUT2D eigenvalue weighted by atomic mass is 16.4. The number of aliphatic carboxylic acids is 1. The molecule has 0 aliphatic heterocycles. The number of benzene rings is 1. The first kappa shape index (κ1) is 19.4. The van der Waals surface area contributed by atoms with Gasteiger partial charge in [-0.05, 0) is 37.1 Å². The Labute approximate surface area is 151 Å². The molecule has 1 saturated carbocycles. The second kappa shape index (κ2) is 8.98. The third-order valence-corrected chi connectivity index (χ3v) is 4.47. The lowest BCUT2D eigenvalue weighted by Crippen LogP contribution is -2.47. The normalized spacial score (nSPS) is 19.3. The molecule has 0 saturated heterocycles. The molecule has 1 aliphatic carbocycles. The van der Waals surface area contributed by atoms with E-state index in [0.717, 1.165) is 12.8 Å². The number of carboxylic acid groups (broad SMARTS) is 1. The van der Waals surface area contributed by atoms with Crippen LogP contribution in [0.1, 0.15) is 49.4 Å². The summed E-state index contributed by atoms with van der Waals surface area (Å²) >= 11 is 0. The third kappa shape index (κ3) is 5.05. The van der Waals surface area contributed by atoms with Crippen molar-refractivity contribution < 1.29 is 24.3 Å². The van der Waals surface area contributed by atoms with E-state index >= 15 is 0 Å². The number of hydrazine groups is 1. The molecule has 4 N–H and O–H groups in total. The monoisotopic (exact) mass is 361 g/mol. The lowest BCUT2D eigenvalue weighted by Gasteiger charge is -2.27. The average Bonchev–Trinajstić information content (AvgIpc) is 2.66. The van der Waals surface area contributed by atoms with Gasteiger partial charge in [-0.3, -0.25) is 30.0 Å². The molecule has 1 aliphatic rings. The van der Waals surface area contributed by atoms with Crippen LogP contribution in [0.3, 0.4) is 0 Å². The van der Waals surface area contributed by atoms with Crippen molar-refractivity contribution in [1.29, 1.82) is 0 Å². The lowest BCUT2D eigenvalue weighted by molar-refractivity contribution is -0.149. The molecule has 140 valence electrons. The van der Waals surface area contributed by atoms with Crippen LogP contribution < -0.4 is 16.2 Å². The van der Waals surface area contributed by atoms with E-state index in [1.54, 1.807) is 19.1 Å². The van der Waals surface area contributed by atoms with Crippen molar-refractivity contribution in [2.45, 2.75) is 39.0 Å². The van der Waals surface area contributed by atoms with E-state index in [1.807, 2.05) is 0 Å². The number of carboxylic acids is 1. The summed E-state index contributed by atoms with van der Waals surface area (Å²) in [5.74, 6) is -3.49. The largest absolute Gasteiger partial charge is 0.481 e. The van der Waals surface area contributed by atoms with Crippen molar-refractivity contribution in [2.75, 3.05) is 5.32 Å². The Bertz CT molecular complexity index is 687. The summed E-state index contributed by atoms with van der Waals surface area (Å²) in [6.07, 6.45) is 2.89. The first-order valence-electron chi connectivity index (χ1n) is 8.65. The molecular weight excluding hydrogens is 338 g/mol. The minimum absolute atomic E-state index is 0.130. The number of carbonyl (C=O) groups is 4. The van der Waals surface area contributed by atoms with Crippen LogP contribution in [0, 0.1) is 11.8 Å². The smallest absolute Gasteiger partial charge is 0.307 e. The minimum atomic E-state index is -0.985. The van der Waals surface area contributed by atoms with E-state index in [1.165, 1.54) is 12.1 Å². The van der Waals surface area contributed by atoms with E-state index in [0.29, 0.717) is 30.5 Å². The Morgan fingerprint density at radius 3 is 2.19 bits per heavy atom. The van der Waals surface area contributed by atoms with Gasteiger partial charge in [0.2, 0.25) is 11.8 Å². The molecule has 2 rings (SSSR count). The summed E-state index contributed by atoms with van der Waals surface area (Å²) < 4.78 is 0. The fraction of sp³-hybridized carbons (Fsp3) is 0.444. The number of anilines is 1. The molecule has 0 aromatic heterocycles. The first-order valence-corrected chi connectivity index (χ1v) is 8.65. The van der Waals surface area contributed by atoms with Crippen molar-refractivity contribution in [1.82, 2.24) is 10.9 Å². The van der Waals surface area contributed by atoms with Crippen molar-refractivity contribution in [3.8, 4) is 0 Å². The topological polar surface area (TPSA) is 125 Å². The van der Waals surface area contributed by atoms with Gasteiger partial charge in [0.25, 0.3) is 5.91 Å². The summed E-state index contributed by atoms with van der Waals surface area (Å²) in [5.41, 5.74) is 5.51. The maximum Gasteiger partial charge on any atom is 0.307 e. The van der Waals surface area contributed by atoms with Crippen LogP contribution in [0.25, 0.3) is 0 Å². The predicted octanol–water partition coefficient (Wildman–Crippen LogP) is 1.69. The van der Waals surface area contributed by atoms with Gasteiger partial charge in [0, 0.05) is 17.7 Å². The maximum atomic E-state index is 12.2. The third-order valence-electron chi connectivity index (χ3n) is 4.47. The van der Waals surface area contributed by atoms with Gasteiger partial charge < -0.3 is 10.4 Å². The molecule has 0 heterocycles. The number of amides is 3. The standard InChI is InChI=1S/C18H23N3O5/c1-2-15(22)19-12-9-7-11(8-10-12)16(23)20-21-17(24)13-5-3-4-6-14(13)18(25)26/h7-10,13-14H,2-6H2,1H3,(H,19,22)(H,20,23)(H,21,24)(H,25,26)/t13-,14+/m1/s1. The number of rotatable bonds is 5. The number of nitrogens with one attached hydrogen (secondary N) is 3. The SMILES string of the molecule is CCC(=O)Nc1ccc(C(=O)NNC(=O)[C@@H]2CCCC[C@@H]2C(=O)O)cc1. The molecule has 0 bridgehead atoms. The first-order chi connectivity index (χ1) is 12.4. The zero-order chi connectivity index (χ0) is 19.1. The van der Waals surface area contributed by atoms with Crippen LogP contribution in [-0.2, 0) is 14.4 Å². The van der Waals surface area contributed by atoms with E-state index < -0.39 is 29.6 Å². The van der Waals surface area contributed by atoms with Gasteiger partial charge in [-0.2, -0.15) is 0 Å². The van der Waals surface area contributed by atoms with Crippen LogP contribution in [0.15, 0.2) is 24.3 Å². The molecule has 8 heteroatoms. The zero-order valence-electron chi connectivity index (χ0n) is 14.6. The van der Waals surface area contributed by atoms with Crippen LogP contribution in [0.4, 0.5) is 5.69 Å². The van der Waals surface area contributed by atoms with E-state index in [4.69, 9.17) is 0 Å². The summed E-state index contributed by atoms with van der Waals surface area (Å²) in [6.45, 7) is 1.74. The van der Waals surface area contributed by atoms with Crippen LogP contribution in [0.2, 0.25) is 0 Å².